The van der Waals surface area contributed by atoms with Gasteiger partial charge in [0.15, 0.2) is 0 Å². The van der Waals surface area contributed by atoms with Crippen LogP contribution in [-0.2, 0) is 28.7 Å². The molecule has 1 spiro atoms. The van der Waals surface area contributed by atoms with Crippen LogP contribution >= 0.6 is 0 Å². The number of hydrogen-bond donors (Lipinski definition) is 2. The molecule has 4 aliphatic heterocycles. The fourth-order valence-electron chi connectivity index (χ4n) is 6.78. The van der Waals surface area contributed by atoms with Gasteiger partial charge in [-0.3, -0.25) is 19.2 Å². The lowest BCUT2D eigenvalue weighted by Gasteiger charge is -2.35. The first kappa shape index (κ1) is 30.0. The molecule has 0 bridgehead atoms. The second-order valence-corrected chi connectivity index (χ2v) is 11.6. The Morgan fingerprint density at radius 2 is 1.83 bits per heavy atom. The number of esters is 1. The van der Waals surface area contributed by atoms with E-state index in [2.05, 4.69) is 12.2 Å². The number of aliphatic hydroxyl groups is 1. The number of nitrogens with zero attached hydrogens (tertiary/aromatic N) is 2. The molecule has 0 saturated carbocycles. The summed E-state index contributed by atoms with van der Waals surface area (Å²) < 4.78 is 12.9. The molecular weight excluding hydrogens is 538 g/mol. The second kappa shape index (κ2) is 12.8. The van der Waals surface area contributed by atoms with Crippen LogP contribution in [0.15, 0.2) is 54.6 Å². The average molecular weight is 580 g/mol. The molecule has 3 amide bonds. The molecular formula is C32H41N3O7. The van der Waals surface area contributed by atoms with Gasteiger partial charge < -0.3 is 29.7 Å². The van der Waals surface area contributed by atoms with Gasteiger partial charge in [-0.1, -0.05) is 68.0 Å². The van der Waals surface area contributed by atoms with Gasteiger partial charge in [0.25, 0.3) is 0 Å². The minimum atomic E-state index is -1.37. The van der Waals surface area contributed by atoms with Gasteiger partial charge in [-0.15, -0.1) is 0 Å². The summed E-state index contributed by atoms with van der Waals surface area (Å²) >= 11 is 0. The summed E-state index contributed by atoms with van der Waals surface area (Å²) in [5.41, 5.74) is -0.654. The van der Waals surface area contributed by atoms with Crippen LogP contribution in [0.1, 0.15) is 57.6 Å². The lowest BCUT2D eigenvalue weighted by atomic mass is 9.77. The van der Waals surface area contributed by atoms with Crippen LogP contribution in [0.5, 0.6) is 0 Å². The maximum Gasteiger partial charge on any atom is 0.313 e. The fraction of sp³-hybridized carbons (Fsp3) is 0.562. The summed E-state index contributed by atoms with van der Waals surface area (Å²) in [7, 11) is 0. The smallest absolute Gasteiger partial charge is 0.313 e. The molecule has 7 atom stereocenters. The number of allylic oxidation sites excluding steroid dienone is 1. The number of ether oxygens (including phenoxy) is 2. The Hall–Kier alpha value is -3.50. The van der Waals surface area contributed by atoms with Gasteiger partial charge in [-0.2, -0.15) is 0 Å². The highest BCUT2D eigenvalue weighted by Gasteiger charge is 2.71. The Kier molecular flexibility index (Phi) is 9.13. The molecule has 2 N–H and O–H groups in total. The monoisotopic (exact) mass is 579 g/mol. The van der Waals surface area contributed by atoms with Crippen molar-refractivity contribution < 1.29 is 33.8 Å². The zero-order valence-corrected chi connectivity index (χ0v) is 24.3. The first-order valence-electron chi connectivity index (χ1n) is 15.1. The molecule has 1 aromatic rings. The number of aliphatic hydroxyl groups excluding tert-OH is 1. The summed E-state index contributed by atoms with van der Waals surface area (Å²) in [6, 6.07) is 7.71. The van der Waals surface area contributed by atoms with Crippen LogP contribution in [0.4, 0.5) is 0 Å². The van der Waals surface area contributed by atoms with Crippen LogP contribution in [0, 0.1) is 11.8 Å². The van der Waals surface area contributed by atoms with E-state index in [4.69, 9.17) is 9.47 Å². The van der Waals surface area contributed by atoms with Gasteiger partial charge in [0.05, 0.1) is 18.1 Å². The lowest BCUT2D eigenvalue weighted by molar-refractivity contribution is -0.161. The van der Waals surface area contributed by atoms with Crippen LogP contribution < -0.4 is 5.32 Å². The Bertz CT molecular complexity index is 1230. The van der Waals surface area contributed by atoms with Crippen LogP contribution in [0.25, 0.3) is 0 Å². The topological polar surface area (TPSA) is 125 Å². The molecule has 4 aliphatic rings. The van der Waals surface area contributed by atoms with Crippen LogP contribution in [0.2, 0.25) is 0 Å². The number of hydrogen-bond acceptors (Lipinski definition) is 7. The van der Waals surface area contributed by atoms with Gasteiger partial charge in [-0.05, 0) is 31.7 Å². The molecule has 42 heavy (non-hydrogen) atoms. The number of fused-ring (bicyclic) bond motifs is 2. The number of unbranched alkanes of at least 4 members (excludes halogenated alkanes) is 1. The Morgan fingerprint density at radius 3 is 2.57 bits per heavy atom. The third kappa shape index (κ3) is 5.49. The third-order valence-corrected chi connectivity index (χ3v) is 8.77. The van der Waals surface area contributed by atoms with E-state index < -0.39 is 47.7 Å². The molecule has 5 rings (SSSR count). The summed E-state index contributed by atoms with van der Waals surface area (Å²) in [5.74, 6) is -3.36. The number of carbonyl (C=O) groups is 4. The predicted octanol–water partition coefficient (Wildman–Crippen LogP) is 2.29. The first-order valence-corrected chi connectivity index (χ1v) is 15.1. The molecule has 0 radical (unpaired) electrons. The number of amides is 3. The number of rotatable bonds is 7. The summed E-state index contributed by atoms with van der Waals surface area (Å²) in [6.07, 6.45) is 8.26. The Morgan fingerprint density at radius 1 is 1.05 bits per heavy atom. The summed E-state index contributed by atoms with van der Waals surface area (Å²) in [4.78, 5) is 58.4. The van der Waals surface area contributed by atoms with Crippen molar-refractivity contribution >= 4 is 23.7 Å². The first-order chi connectivity index (χ1) is 20.3. The summed E-state index contributed by atoms with van der Waals surface area (Å²) in [5, 5.41) is 12.5. The van der Waals surface area contributed by atoms with Crippen molar-refractivity contribution in [2.24, 2.45) is 11.8 Å². The van der Waals surface area contributed by atoms with Crippen LogP contribution in [0.3, 0.4) is 0 Å². The SMILES string of the molecule is CCCCN1CC=C[C@]23O[C@@H]4/C=C\CCC(=O)N[C@H](C)[C@@H](c5ccccc5)OC(=O)[C@@H]4[C@H]2C(=O)N(CCCO)[C@@H]3C1=O. The number of cyclic esters (lactones) is 1. The zero-order valence-electron chi connectivity index (χ0n) is 24.3. The third-order valence-electron chi connectivity index (χ3n) is 8.77. The van der Waals surface area contributed by atoms with E-state index in [1.165, 1.54) is 4.90 Å². The summed E-state index contributed by atoms with van der Waals surface area (Å²) in [6.45, 7) is 4.80. The highest BCUT2D eigenvalue weighted by Crippen LogP contribution is 2.53. The molecule has 4 heterocycles. The van der Waals surface area contributed by atoms with Crippen molar-refractivity contribution in [3.8, 4) is 0 Å². The molecule has 2 fully saturated rings. The predicted molar refractivity (Wildman–Crippen MR) is 154 cm³/mol. The highest BCUT2D eigenvalue weighted by molar-refractivity contribution is 5.99. The number of carbonyl (C=O) groups excluding carboxylic acids is 4. The molecule has 10 nitrogen and oxygen atoms in total. The molecule has 2 saturated heterocycles. The highest BCUT2D eigenvalue weighted by atomic mass is 16.6. The fourth-order valence-corrected chi connectivity index (χ4v) is 6.78. The normalized spacial score (nSPS) is 34.0. The van der Waals surface area contributed by atoms with E-state index in [9.17, 15) is 24.3 Å². The van der Waals surface area contributed by atoms with E-state index in [0.29, 0.717) is 31.5 Å². The van der Waals surface area contributed by atoms with Crippen molar-refractivity contribution in [3.05, 3.63) is 60.2 Å². The van der Waals surface area contributed by atoms with Crippen molar-refractivity contribution in [3.63, 3.8) is 0 Å². The van der Waals surface area contributed by atoms with Gasteiger partial charge >= 0.3 is 5.97 Å². The largest absolute Gasteiger partial charge is 0.455 e. The van der Waals surface area contributed by atoms with E-state index >= 15 is 0 Å². The number of nitrogens with one attached hydrogen (secondary N) is 1. The Labute approximate surface area is 246 Å². The maximum absolute atomic E-state index is 14.2. The van der Waals surface area contributed by atoms with Crippen molar-refractivity contribution in [1.29, 1.82) is 0 Å². The minimum absolute atomic E-state index is 0.141. The zero-order chi connectivity index (χ0) is 29.9. The Balaban J connectivity index is 1.57. The molecule has 1 aromatic carbocycles. The quantitative estimate of drug-likeness (QED) is 0.375. The molecule has 226 valence electrons. The van der Waals surface area contributed by atoms with E-state index in [0.717, 1.165) is 12.8 Å². The number of benzene rings is 1. The van der Waals surface area contributed by atoms with Gasteiger partial charge in [0.1, 0.15) is 23.7 Å². The van der Waals surface area contributed by atoms with Crippen molar-refractivity contribution in [2.45, 2.75) is 75.8 Å². The minimum Gasteiger partial charge on any atom is -0.455 e. The van der Waals surface area contributed by atoms with Gasteiger partial charge in [-0.25, -0.2) is 0 Å². The molecule has 10 heteroatoms. The standard InChI is InChI=1S/C32H41N3O7/c1-3-4-17-34-18-10-16-32-26(29(38)35(19-11-20-36)28(32)30(34)39)25-23(42-32)14-8-9-15-24(37)33-21(2)27(41-31(25)40)22-12-6-5-7-13-22/h5-8,10,12-14,16,21,23,25-28,36H,3-4,9,11,15,17-20H2,1-2H3,(H,33,37)/b14-8-/t21-,23-,25+,26+,27+,28-,32+/m1/s1. The van der Waals surface area contributed by atoms with Gasteiger partial charge in [0.2, 0.25) is 17.7 Å². The van der Waals surface area contributed by atoms with E-state index in [-0.39, 0.29) is 37.3 Å². The van der Waals surface area contributed by atoms with Crippen molar-refractivity contribution in [1.82, 2.24) is 15.1 Å². The molecule has 0 unspecified atom stereocenters. The van der Waals surface area contributed by atoms with E-state index in [1.807, 2.05) is 36.4 Å². The molecule has 0 aromatic heterocycles. The maximum atomic E-state index is 14.2. The van der Waals surface area contributed by atoms with E-state index in [1.54, 1.807) is 30.1 Å². The lowest BCUT2D eigenvalue weighted by Crippen LogP contribution is -2.55. The van der Waals surface area contributed by atoms with Crippen molar-refractivity contribution in [2.75, 3.05) is 26.2 Å². The van der Waals surface area contributed by atoms with Gasteiger partial charge in [0, 0.05) is 32.7 Å². The van der Waals surface area contributed by atoms with Crippen LogP contribution in [-0.4, -0.2) is 88.6 Å². The average Bonchev–Trinajstić information content (AvgIpc) is 3.37. The molecule has 0 aliphatic carbocycles. The number of likely N-dealkylation sites (tertiary alicyclic amines) is 1. The second-order valence-electron chi connectivity index (χ2n) is 11.6.